The van der Waals surface area contributed by atoms with Gasteiger partial charge in [-0.25, -0.2) is 0 Å². The topological polar surface area (TPSA) is 95.9 Å². The molecule has 0 aromatic rings. The van der Waals surface area contributed by atoms with Crippen LogP contribution >= 0.6 is 0 Å². The summed E-state index contributed by atoms with van der Waals surface area (Å²) in [5, 5.41) is 27.0. The first-order chi connectivity index (χ1) is 22.6. The molecule has 0 bridgehead atoms. The first-order valence-corrected chi connectivity index (χ1v) is 20.3. The highest BCUT2D eigenvalue weighted by Crippen LogP contribution is 2.68. The van der Waals surface area contributed by atoms with E-state index in [0.717, 1.165) is 64.2 Å². The van der Waals surface area contributed by atoms with Crippen LogP contribution in [0, 0.1) is 46.3 Å². The van der Waals surface area contributed by atoms with E-state index in [1.165, 1.54) is 77.7 Å². The zero-order valence-electron chi connectivity index (χ0n) is 31.1. The van der Waals surface area contributed by atoms with Gasteiger partial charge in [-0.2, -0.15) is 0 Å². The number of ether oxygens (including phenoxy) is 1. The molecule has 0 aliphatic heterocycles. The molecule has 6 nitrogen and oxygen atoms in total. The predicted molar refractivity (Wildman–Crippen MR) is 191 cm³/mol. The fraction of sp³-hybridized carbons (Fsp3) is 0.951. The highest BCUT2D eigenvalue weighted by atomic mass is 16.5. The van der Waals surface area contributed by atoms with Gasteiger partial charge in [0.2, 0.25) is 5.91 Å². The lowest BCUT2D eigenvalue weighted by Gasteiger charge is -2.63. The number of unbranched alkanes of at least 4 members (excludes halogenated alkanes) is 12. The Morgan fingerprint density at radius 2 is 1.43 bits per heavy atom. The maximum Gasteiger partial charge on any atom is 0.305 e. The summed E-state index contributed by atoms with van der Waals surface area (Å²) in [6.07, 6.45) is 24.9. The molecule has 11 atom stereocenters. The number of methoxy groups -OCH3 is 1. The lowest BCUT2D eigenvalue weighted by molar-refractivity contribution is -0.202. The minimum absolute atomic E-state index is 0.0943. The third kappa shape index (κ3) is 9.35. The molecular weight excluding hydrogens is 586 g/mol. The van der Waals surface area contributed by atoms with Crippen LogP contribution in [-0.4, -0.2) is 47.4 Å². The number of rotatable bonds is 19. The summed E-state index contributed by atoms with van der Waals surface area (Å²) in [7, 11) is 1.45. The van der Waals surface area contributed by atoms with Crippen LogP contribution in [0.2, 0.25) is 0 Å². The number of carbonyl (C=O) groups excluding carboxylic acids is 2. The summed E-state index contributed by atoms with van der Waals surface area (Å²) in [5.41, 5.74) is -0.128. The second kappa shape index (κ2) is 18.2. The van der Waals surface area contributed by atoms with Crippen molar-refractivity contribution in [2.45, 2.75) is 194 Å². The molecule has 0 spiro atoms. The average molecular weight is 660 g/mol. The van der Waals surface area contributed by atoms with E-state index in [1.807, 2.05) is 0 Å². The van der Waals surface area contributed by atoms with Gasteiger partial charge < -0.3 is 20.3 Å². The van der Waals surface area contributed by atoms with E-state index in [1.54, 1.807) is 0 Å². The van der Waals surface area contributed by atoms with Gasteiger partial charge in [-0.15, -0.1) is 0 Å². The van der Waals surface area contributed by atoms with E-state index in [4.69, 9.17) is 4.74 Å². The Hall–Kier alpha value is -1.14. The van der Waals surface area contributed by atoms with Crippen molar-refractivity contribution in [1.82, 2.24) is 5.32 Å². The molecule has 47 heavy (non-hydrogen) atoms. The Morgan fingerprint density at radius 3 is 2.04 bits per heavy atom. The van der Waals surface area contributed by atoms with Crippen molar-refractivity contribution in [3.63, 3.8) is 0 Å². The van der Waals surface area contributed by atoms with Gasteiger partial charge in [0.05, 0.1) is 19.3 Å². The molecule has 4 saturated carbocycles. The molecule has 0 saturated heterocycles. The van der Waals surface area contributed by atoms with Gasteiger partial charge in [0.15, 0.2) is 0 Å². The zero-order chi connectivity index (χ0) is 34.0. The number of fused-ring (bicyclic) bond motifs is 5. The van der Waals surface area contributed by atoms with E-state index in [2.05, 4.69) is 33.0 Å². The monoisotopic (exact) mass is 660 g/mol. The number of hydrogen-bond donors (Lipinski definition) is 3. The van der Waals surface area contributed by atoms with E-state index in [9.17, 15) is 19.8 Å². The molecule has 4 fully saturated rings. The number of amides is 1. The maximum atomic E-state index is 12.9. The molecule has 1 amide bonds. The van der Waals surface area contributed by atoms with Gasteiger partial charge in [-0.05, 0) is 104 Å². The van der Waals surface area contributed by atoms with Crippen molar-refractivity contribution in [1.29, 1.82) is 0 Å². The summed E-state index contributed by atoms with van der Waals surface area (Å²) in [6.45, 7) is 9.24. The van der Waals surface area contributed by atoms with Gasteiger partial charge in [0, 0.05) is 18.9 Å². The Bertz CT molecular complexity index is 971. The molecule has 6 heteroatoms. The summed E-state index contributed by atoms with van der Waals surface area (Å²) in [5.74, 6) is 1.96. The van der Waals surface area contributed by atoms with Crippen molar-refractivity contribution < 1.29 is 24.5 Å². The fourth-order valence-corrected chi connectivity index (χ4v) is 11.5. The first-order valence-electron chi connectivity index (χ1n) is 20.3. The van der Waals surface area contributed by atoms with Gasteiger partial charge in [-0.1, -0.05) is 105 Å². The molecule has 4 aliphatic carbocycles. The molecule has 4 rings (SSSR count). The van der Waals surface area contributed by atoms with Crippen molar-refractivity contribution in [3.05, 3.63) is 0 Å². The maximum absolute atomic E-state index is 12.9. The number of hydrogen-bond acceptors (Lipinski definition) is 5. The molecule has 4 aliphatic rings. The van der Waals surface area contributed by atoms with Crippen molar-refractivity contribution in [3.8, 4) is 0 Å². The lowest BCUT2D eigenvalue weighted by atomic mass is 9.43. The number of esters is 1. The predicted octanol–water partition coefficient (Wildman–Crippen LogP) is 9.14. The Kier molecular flexibility index (Phi) is 15.0. The second-order valence-electron chi connectivity index (χ2n) is 17.2. The zero-order valence-corrected chi connectivity index (χ0v) is 31.1. The summed E-state index contributed by atoms with van der Waals surface area (Å²) >= 11 is 0. The minimum atomic E-state index is -0.387. The van der Waals surface area contributed by atoms with Gasteiger partial charge in [0.25, 0.3) is 0 Å². The number of nitrogens with one attached hydrogen (secondary N) is 1. The van der Waals surface area contributed by atoms with Crippen LogP contribution in [-0.2, 0) is 14.3 Å². The van der Waals surface area contributed by atoms with Gasteiger partial charge in [-0.3, -0.25) is 9.59 Å². The standard InChI is InChI=1S/C41H73NO5/c1-6-7-8-9-10-11-12-13-14-15-16-17-18-19-37(45)42-31-24-25-40(3)30(26-31)27-35(43)39-33-22-21-32(29(2)20-23-38(46)47-5)41(33,4)36(44)28-34(39)40/h29-36,39,43-44H,6-28H2,1-5H3,(H,42,45)/t29-,30+,31+,32-,33+,34+,35-,36+,39+,40+,41-/m1/s1. The van der Waals surface area contributed by atoms with Crippen LogP contribution in [0.1, 0.15) is 175 Å². The van der Waals surface area contributed by atoms with Crippen LogP contribution in [0.4, 0.5) is 0 Å². The largest absolute Gasteiger partial charge is 0.469 e. The Labute approximate surface area is 288 Å². The molecular formula is C41H73NO5. The minimum Gasteiger partial charge on any atom is -0.469 e. The lowest BCUT2D eigenvalue weighted by Crippen LogP contribution is -2.63. The molecule has 0 radical (unpaired) electrons. The average Bonchev–Trinajstić information content (AvgIpc) is 3.41. The SMILES string of the molecule is CCCCCCCCCCCCCCCC(=O)N[C@H]1CC[C@@]2(C)[C@@H](C1)C[C@@H](O)[C@@H]1[C@@H]2C[C@H](O)[C@]2(C)[C@@H]([C@H](C)CCC(=O)OC)CC[C@@H]12. The normalized spacial score (nSPS) is 37.0. The Morgan fingerprint density at radius 1 is 0.809 bits per heavy atom. The van der Waals surface area contributed by atoms with Crippen LogP contribution in [0.25, 0.3) is 0 Å². The van der Waals surface area contributed by atoms with Crippen molar-refractivity contribution >= 4 is 11.9 Å². The van der Waals surface area contributed by atoms with Crippen LogP contribution in [0.3, 0.4) is 0 Å². The van der Waals surface area contributed by atoms with Crippen molar-refractivity contribution in [2.24, 2.45) is 46.3 Å². The second-order valence-corrected chi connectivity index (χ2v) is 17.2. The number of carbonyl (C=O) groups is 2. The van der Waals surface area contributed by atoms with Crippen molar-refractivity contribution in [2.75, 3.05) is 7.11 Å². The fourth-order valence-electron chi connectivity index (χ4n) is 11.5. The molecule has 3 N–H and O–H groups in total. The van der Waals surface area contributed by atoms with Crippen LogP contribution < -0.4 is 5.32 Å². The smallest absolute Gasteiger partial charge is 0.305 e. The van der Waals surface area contributed by atoms with Crippen LogP contribution in [0.15, 0.2) is 0 Å². The third-order valence-electron chi connectivity index (χ3n) is 14.5. The van der Waals surface area contributed by atoms with E-state index >= 15 is 0 Å². The highest BCUT2D eigenvalue weighted by molar-refractivity contribution is 5.76. The highest BCUT2D eigenvalue weighted by Gasteiger charge is 2.65. The molecule has 272 valence electrons. The van der Waals surface area contributed by atoms with E-state index in [-0.39, 0.29) is 46.9 Å². The molecule has 0 unspecified atom stereocenters. The molecule has 0 aromatic heterocycles. The quantitative estimate of drug-likeness (QED) is 0.0950. The first kappa shape index (κ1) is 38.7. The molecule has 0 heterocycles. The number of aliphatic hydroxyl groups excluding tert-OH is 2. The van der Waals surface area contributed by atoms with Gasteiger partial charge >= 0.3 is 5.97 Å². The Balaban J connectivity index is 1.19. The molecule has 0 aromatic carbocycles. The van der Waals surface area contributed by atoms with E-state index < -0.39 is 0 Å². The van der Waals surface area contributed by atoms with Gasteiger partial charge in [0.1, 0.15) is 0 Å². The van der Waals surface area contributed by atoms with E-state index in [0.29, 0.717) is 42.4 Å². The summed E-state index contributed by atoms with van der Waals surface area (Å²) in [4.78, 5) is 24.8. The number of aliphatic hydroxyl groups is 2. The third-order valence-corrected chi connectivity index (χ3v) is 14.5. The summed E-state index contributed by atoms with van der Waals surface area (Å²) in [6, 6.07) is 0.205. The van der Waals surface area contributed by atoms with Crippen LogP contribution in [0.5, 0.6) is 0 Å². The summed E-state index contributed by atoms with van der Waals surface area (Å²) < 4.78 is 4.90.